The number of carbonyl (C=O) groups excluding carboxylic acids is 1. The molecule has 7 nitrogen and oxygen atoms in total. The van der Waals surface area contributed by atoms with Crippen molar-refractivity contribution >= 4 is 34.3 Å². The van der Waals surface area contributed by atoms with Crippen LogP contribution in [0, 0.1) is 13.8 Å². The molecule has 31 heavy (non-hydrogen) atoms. The predicted octanol–water partition coefficient (Wildman–Crippen LogP) is 4.80. The Morgan fingerprint density at radius 2 is 2.00 bits per heavy atom. The number of hydrogen-bond donors (Lipinski definition) is 2. The van der Waals surface area contributed by atoms with E-state index in [9.17, 15) is 4.79 Å². The Morgan fingerprint density at radius 1 is 1.19 bits per heavy atom. The van der Waals surface area contributed by atoms with Gasteiger partial charge in [0.05, 0.1) is 12.9 Å². The van der Waals surface area contributed by atoms with Crippen molar-refractivity contribution in [2.45, 2.75) is 32.5 Å². The van der Waals surface area contributed by atoms with Crippen LogP contribution in [0.15, 0.2) is 47.8 Å². The van der Waals surface area contributed by atoms with E-state index in [1.54, 1.807) is 7.11 Å². The van der Waals surface area contributed by atoms with Gasteiger partial charge >= 0.3 is 0 Å². The lowest BCUT2D eigenvalue weighted by Crippen LogP contribution is -2.15. The molecule has 8 heteroatoms. The molecule has 0 spiro atoms. The summed E-state index contributed by atoms with van der Waals surface area (Å²) in [5.74, 6) is 1.77. The number of rotatable bonds is 7. The number of carbonyl (C=O) groups is 1. The average molecular weight is 436 g/mol. The minimum atomic E-state index is -0.0861. The van der Waals surface area contributed by atoms with Crippen molar-refractivity contribution in [1.29, 1.82) is 0 Å². The van der Waals surface area contributed by atoms with Gasteiger partial charge in [0.15, 0.2) is 11.0 Å². The van der Waals surface area contributed by atoms with E-state index >= 15 is 0 Å². The number of aromatic nitrogens is 4. The summed E-state index contributed by atoms with van der Waals surface area (Å²) in [5.41, 5.74) is 4.79. The molecule has 2 N–H and O–H groups in total. The molecule has 0 radical (unpaired) electrons. The molecular formula is C23H25N5O2S. The Morgan fingerprint density at radius 3 is 2.77 bits per heavy atom. The van der Waals surface area contributed by atoms with E-state index in [-0.39, 0.29) is 11.7 Å². The molecule has 0 aliphatic rings. The van der Waals surface area contributed by atoms with Gasteiger partial charge in [-0.25, -0.2) is 0 Å². The van der Waals surface area contributed by atoms with Gasteiger partial charge in [0.2, 0.25) is 5.91 Å². The Kier molecular flexibility index (Phi) is 5.99. The first-order valence-electron chi connectivity index (χ1n) is 10.1. The summed E-state index contributed by atoms with van der Waals surface area (Å²) in [7, 11) is 1.64. The quantitative estimate of drug-likeness (QED) is 0.407. The first-order valence-corrected chi connectivity index (χ1v) is 11.1. The van der Waals surface area contributed by atoms with Gasteiger partial charge in [-0.2, -0.15) is 0 Å². The van der Waals surface area contributed by atoms with Crippen LogP contribution in [0.4, 0.5) is 5.69 Å². The number of ether oxygens (including phenoxy) is 1. The molecule has 0 aliphatic heterocycles. The number of aromatic amines is 1. The van der Waals surface area contributed by atoms with Crippen LogP contribution in [0.1, 0.15) is 18.1 Å². The minimum absolute atomic E-state index is 0.0861. The number of H-pyrrole nitrogens is 1. The molecule has 1 amide bonds. The number of aryl methyl sites for hydroxylation is 2. The highest BCUT2D eigenvalue weighted by molar-refractivity contribution is 7.99. The van der Waals surface area contributed by atoms with Crippen LogP contribution in [0.25, 0.3) is 22.3 Å². The van der Waals surface area contributed by atoms with Crippen LogP contribution >= 0.6 is 11.8 Å². The Hall–Kier alpha value is -3.26. The first kappa shape index (κ1) is 21.0. The number of anilines is 1. The standard InChI is InChI=1S/C23H25N5O2S/c1-5-28-22(17-12-24-18-9-7-6-8-16(17)18)26-27-23(28)31-13-21(29)25-19-10-15(3)20(30-4)11-14(19)2/h6-12,24H,5,13H2,1-4H3,(H,25,29). The Labute approximate surface area is 185 Å². The third kappa shape index (κ3) is 4.16. The zero-order valence-corrected chi connectivity index (χ0v) is 18.8. The summed E-state index contributed by atoms with van der Waals surface area (Å²) in [6, 6.07) is 12.0. The number of para-hydroxylation sites is 1. The van der Waals surface area contributed by atoms with Gasteiger partial charge in [0.1, 0.15) is 5.75 Å². The molecule has 2 aromatic carbocycles. The van der Waals surface area contributed by atoms with Gasteiger partial charge in [-0.1, -0.05) is 30.0 Å². The highest BCUT2D eigenvalue weighted by Crippen LogP contribution is 2.30. The molecule has 4 aromatic rings. The van der Waals surface area contributed by atoms with Crippen LogP contribution in [-0.4, -0.2) is 38.5 Å². The number of amides is 1. The SMILES string of the molecule is CCn1c(SCC(=O)Nc2cc(C)c(OC)cc2C)nnc1-c1c[nH]c2ccccc12. The van der Waals surface area contributed by atoms with Crippen molar-refractivity contribution in [2.75, 3.05) is 18.2 Å². The summed E-state index contributed by atoms with van der Waals surface area (Å²) in [6.45, 7) is 6.67. The topological polar surface area (TPSA) is 84.8 Å². The fourth-order valence-electron chi connectivity index (χ4n) is 3.60. The van der Waals surface area contributed by atoms with E-state index in [1.807, 2.05) is 54.9 Å². The molecule has 0 atom stereocenters. The highest BCUT2D eigenvalue weighted by Gasteiger charge is 2.17. The van der Waals surface area contributed by atoms with E-state index in [4.69, 9.17) is 4.74 Å². The summed E-state index contributed by atoms with van der Waals surface area (Å²) in [6.07, 6.45) is 1.96. The van der Waals surface area contributed by atoms with E-state index in [0.29, 0.717) is 6.54 Å². The third-order valence-corrected chi connectivity index (χ3v) is 6.18. The number of methoxy groups -OCH3 is 1. The van der Waals surface area contributed by atoms with Crippen molar-refractivity contribution in [3.05, 3.63) is 53.7 Å². The molecule has 0 saturated heterocycles. The van der Waals surface area contributed by atoms with Crippen LogP contribution in [0.5, 0.6) is 5.75 Å². The second kappa shape index (κ2) is 8.85. The van der Waals surface area contributed by atoms with Crippen LogP contribution in [0.3, 0.4) is 0 Å². The smallest absolute Gasteiger partial charge is 0.234 e. The molecule has 2 aromatic heterocycles. The largest absolute Gasteiger partial charge is 0.496 e. The number of nitrogens with one attached hydrogen (secondary N) is 2. The number of fused-ring (bicyclic) bond motifs is 1. The van der Waals surface area contributed by atoms with Crippen molar-refractivity contribution in [2.24, 2.45) is 0 Å². The summed E-state index contributed by atoms with van der Waals surface area (Å²) >= 11 is 1.38. The van der Waals surface area contributed by atoms with E-state index in [2.05, 4.69) is 33.5 Å². The predicted molar refractivity (Wildman–Crippen MR) is 125 cm³/mol. The Balaban J connectivity index is 1.49. The maximum absolute atomic E-state index is 12.6. The monoisotopic (exact) mass is 435 g/mol. The normalized spacial score (nSPS) is 11.1. The number of nitrogens with zero attached hydrogens (tertiary/aromatic N) is 3. The molecule has 2 heterocycles. The zero-order chi connectivity index (χ0) is 22.0. The van der Waals surface area contributed by atoms with Gasteiger partial charge in [0, 0.05) is 34.9 Å². The van der Waals surface area contributed by atoms with Crippen LogP contribution in [0.2, 0.25) is 0 Å². The molecule has 160 valence electrons. The second-order valence-corrected chi connectivity index (χ2v) is 8.21. The van der Waals surface area contributed by atoms with E-state index in [0.717, 1.165) is 50.0 Å². The van der Waals surface area contributed by atoms with Crippen LogP contribution in [-0.2, 0) is 11.3 Å². The van der Waals surface area contributed by atoms with E-state index < -0.39 is 0 Å². The highest BCUT2D eigenvalue weighted by atomic mass is 32.2. The van der Waals surface area contributed by atoms with Crippen LogP contribution < -0.4 is 10.1 Å². The van der Waals surface area contributed by atoms with Crippen molar-refractivity contribution < 1.29 is 9.53 Å². The lowest BCUT2D eigenvalue weighted by Gasteiger charge is -2.12. The molecule has 0 aliphatic carbocycles. The van der Waals surface area contributed by atoms with Gasteiger partial charge in [-0.15, -0.1) is 10.2 Å². The summed E-state index contributed by atoms with van der Waals surface area (Å²) in [4.78, 5) is 15.9. The van der Waals surface area contributed by atoms with Crippen molar-refractivity contribution in [1.82, 2.24) is 19.7 Å². The number of benzene rings is 2. The maximum atomic E-state index is 12.6. The average Bonchev–Trinajstić information content (AvgIpc) is 3.37. The van der Waals surface area contributed by atoms with Gasteiger partial charge in [-0.05, 0) is 50.1 Å². The van der Waals surface area contributed by atoms with Gasteiger partial charge < -0.3 is 19.6 Å². The fourth-order valence-corrected chi connectivity index (χ4v) is 4.40. The molecular weight excluding hydrogens is 410 g/mol. The van der Waals surface area contributed by atoms with Gasteiger partial charge in [-0.3, -0.25) is 4.79 Å². The number of hydrogen-bond acceptors (Lipinski definition) is 5. The minimum Gasteiger partial charge on any atom is -0.496 e. The van der Waals surface area contributed by atoms with Gasteiger partial charge in [0.25, 0.3) is 0 Å². The van der Waals surface area contributed by atoms with Crippen molar-refractivity contribution in [3.8, 4) is 17.1 Å². The molecule has 0 fully saturated rings. The Bertz CT molecular complexity index is 1240. The third-order valence-electron chi connectivity index (χ3n) is 5.21. The fraction of sp³-hybridized carbons (Fsp3) is 0.261. The molecule has 4 rings (SSSR count). The maximum Gasteiger partial charge on any atom is 0.234 e. The second-order valence-electron chi connectivity index (χ2n) is 7.27. The lowest BCUT2D eigenvalue weighted by molar-refractivity contribution is -0.113. The summed E-state index contributed by atoms with van der Waals surface area (Å²) in [5, 5.41) is 13.6. The molecule has 0 bridgehead atoms. The zero-order valence-electron chi connectivity index (χ0n) is 18.0. The molecule has 0 saturated carbocycles. The lowest BCUT2D eigenvalue weighted by atomic mass is 10.1. The van der Waals surface area contributed by atoms with E-state index in [1.165, 1.54) is 11.8 Å². The first-order chi connectivity index (χ1) is 15.0. The molecule has 0 unspecified atom stereocenters. The van der Waals surface area contributed by atoms with Crippen molar-refractivity contribution in [3.63, 3.8) is 0 Å². The number of thioether (sulfide) groups is 1. The summed E-state index contributed by atoms with van der Waals surface area (Å²) < 4.78 is 7.38.